The molecule has 1 aliphatic rings. The Kier molecular flexibility index (Phi) is 4.69. The van der Waals surface area contributed by atoms with Gasteiger partial charge in [-0.2, -0.15) is 5.26 Å². The highest BCUT2D eigenvalue weighted by Gasteiger charge is 2.35. The summed E-state index contributed by atoms with van der Waals surface area (Å²) in [6.45, 7) is 1.24. The van der Waals surface area contributed by atoms with Crippen LogP contribution in [-0.4, -0.2) is 38.9 Å². The molecule has 27 heavy (non-hydrogen) atoms. The molecule has 7 nitrogen and oxygen atoms in total. The summed E-state index contributed by atoms with van der Waals surface area (Å²) in [5.74, 6) is -1.60. The summed E-state index contributed by atoms with van der Waals surface area (Å²) in [7, 11) is 7.23. The Morgan fingerprint density at radius 1 is 1.26 bits per heavy atom. The number of hydrogen-bond acceptors (Lipinski definition) is 7. The molecule has 0 saturated carbocycles. The molecule has 0 N–H and O–H groups in total. The van der Waals surface area contributed by atoms with Gasteiger partial charge in [0.25, 0.3) is 0 Å². The highest BCUT2D eigenvalue weighted by Crippen LogP contribution is 2.34. The van der Waals surface area contributed by atoms with Crippen molar-refractivity contribution in [2.24, 2.45) is 0 Å². The van der Waals surface area contributed by atoms with Crippen molar-refractivity contribution >= 4 is 30.7 Å². The van der Waals surface area contributed by atoms with Crippen molar-refractivity contribution in [2.75, 3.05) is 13.7 Å². The molecule has 0 aliphatic heterocycles. The van der Waals surface area contributed by atoms with Crippen LogP contribution >= 0.6 is 0 Å². The lowest BCUT2D eigenvalue weighted by molar-refractivity contribution is -0.111. The Hall–Kier alpha value is -3.60. The van der Waals surface area contributed by atoms with Gasteiger partial charge in [-0.1, -0.05) is 0 Å². The number of rotatable bonds is 5. The van der Waals surface area contributed by atoms with E-state index in [9.17, 15) is 14.4 Å². The van der Waals surface area contributed by atoms with Gasteiger partial charge >= 0.3 is 0 Å². The van der Waals surface area contributed by atoms with Crippen LogP contribution in [0.4, 0.5) is 0 Å². The molecule has 8 heteroatoms. The largest absolute Gasteiger partial charge is 0.493 e. The second kappa shape index (κ2) is 6.96. The molecule has 1 heterocycles. The number of carbonyl (C=O) groups excluding carboxylic acids is 3. The average molecular weight is 361 g/mol. The minimum absolute atomic E-state index is 0.0152. The van der Waals surface area contributed by atoms with Crippen molar-refractivity contribution in [3.63, 3.8) is 0 Å². The van der Waals surface area contributed by atoms with E-state index in [1.165, 1.54) is 32.2 Å². The van der Waals surface area contributed by atoms with Gasteiger partial charge in [0.1, 0.15) is 25.9 Å². The Labute approximate surface area is 155 Å². The summed E-state index contributed by atoms with van der Waals surface area (Å²) < 4.78 is 15.7. The maximum Gasteiger partial charge on any atom is 0.237 e. The van der Waals surface area contributed by atoms with Crippen molar-refractivity contribution in [3.05, 3.63) is 52.5 Å². The van der Waals surface area contributed by atoms with Gasteiger partial charge in [0.05, 0.1) is 18.2 Å². The highest BCUT2D eigenvalue weighted by molar-refractivity contribution is 6.59. The number of furan rings is 1. The SMILES string of the molecule is [B]C1=C(C)C(=O)C(=O)c2c(C(=O)c3ccc(OCC#N)c(OC)c3)coc21. The van der Waals surface area contributed by atoms with Crippen molar-refractivity contribution in [1.82, 2.24) is 0 Å². The molecule has 0 bridgehead atoms. The number of benzene rings is 1. The molecular weight excluding hydrogens is 349 g/mol. The molecule has 0 atom stereocenters. The number of nitriles is 1. The van der Waals surface area contributed by atoms with Gasteiger partial charge in [-0.3, -0.25) is 14.4 Å². The van der Waals surface area contributed by atoms with Crippen molar-refractivity contribution in [2.45, 2.75) is 6.92 Å². The zero-order valence-corrected chi connectivity index (χ0v) is 14.5. The monoisotopic (exact) mass is 361 g/mol. The van der Waals surface area contributed by atoms with Crippen LogP contribution in [0.15, 0.2) is 34.5 Å². The number of fused-ring (bicyclic) bond motifs is 1. The smallest absolute Gasteiger partial charge is 0.237 e. The van der Waals surface area contributed by atoms with Gasteiger partial charge in [0, 0.05) is 5.56 Å². The zero-order chi connectivity index (χ0) is 19.7. The molecule has 3 rings (SSSR count). The van der Waals surface area contributed by atoms with Crippen LogP contribution in [0.25, 0.3) is 5.47 Å². The molecule has 2 aromatic rings. The zero-order valence-electron chi connectivity index (χ0n) is 14.5. The minimum atomic E-state index is -0.838. The fraction of sp³-hybridized carbons (Fsp3) is 0.158. The molecule has 0 unspecified atom stereocenters. The van der Waals surface area contributed by atoms with Crippen LogP contribution in [-0.2, 0) is 4.79 Å². The number of ketones is 3. The number of Topliss-reactive ketones (excluding diaryl/α,β-unsaturated/α-hetero) is 2. The van der Waals surface area contributed by atoms with E-state index in [0.717, 1.165) is 6.26 Å². The standard InChI is InChI=1S/C19H12BNO6/c1-9-15(20)19-14(18(24)16(9)22)11(8-27-19)17(23)10-3-4-12(26-6-5-21)13(7-10)25-2/h3-4,7-8H,6H2,1-2H3. The fourth-order valence-electron chi connectivity index (χ4n) is 2.72. The Morgan fingerprint density at radius 2 is 2.00 bits per heavy atom. The van der Waals surface area contributed by atoms with E-state index in [2.05, 4.69) is 0 Å². The number of ether oxygens (including phenoxy) is 2. The minimum Gasteiger partial charge on any atom is -0.493 e. The van der Waals surface area contributed by atoms with Crippen LogP contribution in [0.2, 0.25) is 0 Å². The first-order valence-corrected chi connectivity index (χ1v) is 7.80. The second-order valence-electron chi connectivity index (χ2n) is 5.69. The maximum atomic E-state index is 12.9. The third kappa shape index (κ3) is 2.93. The maximum absolute atomic E-state index is 12.9. The molecule has 132 valence electrons. The molecule has 0 fully saturated rings. The molecule has 0 amide bonds. The Bertz CT molecular complexity index is 1060. The van der Waals surface area contributed by atoms with E-state index in [4.69, 9.17) is 27.0 Å². The molecule has 2 radical (unpaired) electrons. The summed E-state index contributed by atoms with van der Waals surface area (Å²) in [5, 5.41) is 8.60. The lowest BCUT2D eigenvalue weighted by atomic mass is 9.78. The third-order valence-corrected chi connectivity index (χ3v) is 4.18. The summed E-state index contributed by atoms with van der Waals surface area (Å²) >= 11 is 0. The van der Waals surface area contributed by atoms with E-state index in [1.54, 1.807) is 0 Å². The third-order valence-electron chi connectivity index (χ3n) is 4.18. The predicted octanol–water partition coefficient (Wildman–Crippen LogP) is 2.09. The van der Waals surface area contributed by atoms with Crippen LogP contribution < -0.4 is 9.47 Å². The summed E-state index contributed by atoms with van der Waals surface area (Å²) in [6.07, 6.45) is 1.11. The van der Waals surface area contributed by atoms with E-state index >= 15 is 0 Å². The highest BCUT2D eigenvalue weighted by atomic mass is 16.5. The molecule has 1 aromatic heterocycles. The molecule has 0 saturated heterocycles. The number of carbonyl (C=O) groups is 3. The summed E-state index contributed by atoms with van der Waals surface area (Å²) in [6, 6.07) is 6.17. The number of hydrogen-bond donors (Lipinski definition) is 0. The topological polar surface area (TPSA) is 107 Å². The number of allylic oxidation sites excluding steroid dienone is 1. The van der Waals surface area contributed by atoms with Gasteiger partial charge < -0.3 is 13.9 Å². The molecule has 1 aromatic carbocycles. The molecule has 0 spiro atoms. The van der Waals surface area contributed by atoms with Crippen LogP contribution in [0.1, 0.15) is 39.0 Å². The van der Waals surface area contributed by atoms with Crippen molar-refractivity contribution in [3.8, 4) is 17.6 Å². The van der Waals surface area contributed by atoms with E-state index in [0.29, 0.717) is 5.75 Å². The predicted molar refractivity (Wildman–Crippen MR) is 93.9 cm³/mol. The lowest BCUT2D eigenvalue weighted by Gasteiger charge is -2.13. The second-order valence-corrected chi connectivity index (χ2v) is 5.69. The van der Waals surface area contributed by atoms with Gasteiger partial charge in [-0.15, -0.1) is 0 Å². The first-order chi connectivity index (χ1) is 12.9. The van der Waals surface area contributed by atoms with E-state index < -0.39 is 17.3 Å². The quantitative estimate of drug-likeness (QED) is 0.456. The lowest BCUT2D eigenvalue weighted by Crippen LogP contribution is -2.24. The van der Waals surface area contributed by atoms with Gasteiger partial charge in [-0.25, -0.2) is 0 Å². The molecular formula is C19H12BNO6. The van der Waals surface area contributed by atoms with E-state index in [1.807, 2.05) is 6.07 Å². The fourth-order valence-corrected chi connectivity index (χ4v) is 2.72. The Morgan fingerprint density at radius 3 is 2.67 bits per heavy atom. The number of methoxy groups -OCH3 is 1. The Balaban J connectivity index is 2.04. The average Bonchev–Trinajstić information content (AvgIpc) is 3.13. The van der Waals surface area contributed by atoms with Crippen LogP contribution in [0.5, 0.6) is 11.5 Å². The van der Waals surface area contributed by atoms with Crippen molar-refractivity contribution in [1.29, 1.82) is 5.26 Å². The van der Waals surface area contributed by atoms with Gasteiger partial charge in [0.15, 0.2) is 23.9 Å². The van der Waals surface area contributed by atoms with Crippen molar-refractivity contribution < 1.29 is 28.3 Å². The van der Waals surface area contributed by atoms with Crippen LogP contribution in [0, 0.1) is 11.3 Å². The van der Waals surface area contributed by atoms with Gasteiger partial charge in [-0.05, 0) is 36.2 Å². The van der Waals surface area contributed by atoms with Gasteiger partial charge in [0.2, 0.25) is 11.6 Å². The normalized spacial score (nSPS) is 13.2. The first kappa shape index (κ1) is 18.2. The molecule has 1 aliphatic carbocycles. The number of nitrogens with zero attached hydrogens (tertiary/aromatic N) is 1. The van der Waals surface area contributed by atoms with Crippen LogP contribution in [0.3, 0.4) is 0 Å². The summed E-state index contributed by atoms with van der Waals surface area (Å²) in [4.78, 5) is 37.3. The first-order valence-electron chi connectivity index (χ1n) is 7.80. The van der Waals surface area contributed by atoms with E-state index in [-0.39, 0.29) is 45.9 Å². The summed E-state index contributed by atoms with van der Waals surface area (Å²) in [5.41, 5.74) is 0.0984.